The van der Waals surface area contributed by atoms with E-state index >= 15 is 0 Å². The van der Waals surface area contributed by atoms with E-state index in [1.807, 2.05) is 13.8 Å². The summed E-state index contributed by atoms with van der Waals surface area (Å²) in [6.45, 7) is 4.00. The van der Waals surface area contributed by atoms with Gasteiger partial charge in [0.25, 0.3) is 0 Å². The molecule has 3 aromatic rings. The van der Waals surface area contributed by atoms with Crippen molar-refractivity contribution in [3.05, 3.63) is 53.9 Å². The first-order valence-corrected chi connectivity index (χ1v) is 7.21. The Hall–Kier alpha value is -2.97. The van der Waals surface area contributed by atoms with Crippen LogP contribution in [0.3, 0.4) is 0 Å². The van der Waals surface area contributed by atoms with Gasteiger partial charge in [-0.1, -0.05) is 13.8 Å². The average Bonchev–Trinajstić information content (AvgIpc) is 2.98. The maximum atomic E-state index is 14.0. The predicted molar refractivity (Wildman–Crippen MR) is 82.1 cm³/mol. The molecule has 0 unspecified atom stereocenters. The maximum absolute atomic E-state index is 14.0. The van der Waals surface area contributed by atoms with Gasteiger partial charge in [0, 0.05) is 24.0 Å². The van der Waals surface area contributed by atoms with Gasteiger partial charge in [-0.05, 0) is 18.2 Å². The van der Waals surface area contributed by atoms with E-state index in [1.54, 1.807) is 0 Å². The van der Waals surface area contributed by atoms with Crippen LogP contribution in [0.5, 0.6) is 0 Å². The lowest BCUT2D eigenvalue weighted by molar-refractivity contribution is -0.138. The first-order chi connectivity index (χ1) is 11.8. The van der Waals surface area contributed by atoms with E-state index < -0.39 is 23.5 Å². The number of rotatable bonds is 2. The molecule has 0 atom stereocenters. The van der Waals surface area contributed by atoms with Crippen LogP contribution in [-0.2, 0) is 6.18 Å². The zero-order chi connectivity index (χ0) is 18.8. The quantitative estimate of drug-likeness (QED) is 0.696. The largest absolute Gasteiger partial charge is 0.477 e. The minimum absolute atomic E-state index is 0.267. The molecular formula is C16H13F4N3O2. The summed E-state index contributed by atoms with van der Waals surface area (Å²) in [5.41, 5.74) is -1.21. The fourth-order valence-electron chi connectivity index (χ4n) is 2.09. The summed E-state index contributed by atoms with van der Waals surface area (Å²) in [6.07, 6.45) is -1.54. The first-order valence-electron chi connectivity index (χ1n) is 7.21. The van der Waals surface area contributed by atoms with Gasteiger partial charge in [-0.3, -0.25) is 4.57 Å². The number of halogens is 4. The first kappa shape index (κ1) is 18.4. The molecule has 0 aromatic carbocycles. The highest BCUT2D eigenvalue weighted by Crippen LogP contribution is 2.30. The fourth-order valence-corrected chi connectivity index (χ4v) is 2.09. The minimum Gasteiger partial charge on any atom is -0.477 e. The second-order valence-electron chi connectivity index (χ2n) is 4.65. The number of fused-ring (bicyclic) bond motifs is 1. The summed E-state index contributed by atoms with van der Waals surface area (Å²) in [7, 11) is 0. The molecule has 0 aliphatic carbocycles. The summed E-state index contributed by atoms with van der Waals surface area (Å²) in [5.74, 6) is -2.82. The molecule has 25 heavy (non-hydrogen) atoms. The maximum Gasteiger partial charge on any atom is 0.417 e. The van der Waals surface area contributed by atoms with Crippen LogP contribution in [0.25, 0.3) is 16.7 Å². The van der Waals surface area contributed by atoms with Gasteiger partial charge in [-0.15, -0.1) is 0 Å². The molecule has 0 amide bonds. The third-order valence-corrected chi connectivity index (χ3v) is 3.17. The van der Waals surface area contributed by atoms with Crippen LogP contribution in [0.1, 0.15) is 29.9 Å². The van der Waals surface area contributed by atoms with E-state index in [2.05, 4.69) is 9.97 Å². The molecule has 0 fully saturated rings. The molecule has 0 aliphatic heterocycles. The van der Waals surface area contributed by atoms with Crippen molar-refractivity contribution >= 4 is 16.9 Å². The monoisotopic (exact) mass is 355 g/mol. The van der Waals surface area contributed by atoms with Gasteiger partial charge in [0.05, 0.1) is 11.1 Å². The van der Waals surface area contributed by atoms with Crippen molar-refractivity contribution in [1.82, 2.24) is 14.5 Å². The molecular weight excluding hydrogens is 342 g/mol. The van der Waals surface area contributed by atoms with Crippen LogP contribution >= 0.6 is 0 Å². The lowest BCUT2D eigenvalue weighted by Gasteiger charge is -2.10. The predicted octanol–water partition coefficient (Wildman–Crippen LogP) is 4.30. The number of aromatic nitrogens is 3. The second kappa shape index (κ2) is 6.88. The molecule has 0 radical (unpaired) electrons. The van der Waals surface area contributed by atoms with Crippen molar-refractivity contribution in [3.63, 3.8) is 0 Å². The van der Waals surface area contributed by atoms with Crippen molar-refractivity contribution in [2.45, 2.75) is 20.0 Å². The van der Waals surface area contributed by atoms with Gasteiger partial charge >= 0.3 is 12.1 Å². The Kier molecular flexibility index (Phi) is 5.05. The number of aromatic carboxylic acids is 1. The zero-order valence-electron chi connectivity index (χ0n) is 13.2. The highest BCUT2D eigenvalue weighted by molar-refractivity contribution is 5.91. The highest BCUT2D eigenvalue weighted by atomic mass is 19.4. The molecule has 9 heteroatoms. The topological polar surface area (TPSA) is 68.0 Å². The van der Waals surface area contributed by atoms with Crippen LogP contribution in [0.2, 0.25) is 0 Å². The Bertz CT molecular complexity index is 919. The van der Waals surface area contributed by atoms with Crippen molar-refractivity contribution in [2.75, 3.05) is 0 Å². The summed E-state index contributed by atoms with van der Waals surface area (Å²) >= 11 is 0. The number of hydrogen-bond donors (Lipinski definition) is 1. The Morgan fingerprint density at radius 2 is 1.84 bits per heavy atom. The molecule has 132 valence electrons. The van der Waals surface area contributed by atoms with Crippen molar-refractivity contribution < 1.29 is 27.5 Å². The number of alkyl halides is 3. The van der Waals surface area contributed by atoms with E-state index in [0.717, 1.165) is 0 Å². The number of nitrogens with zero attached hydrogens (tertiary/aromatic N) is 3. The number of carboxylic acid groups (broad SMARTS) is 1. The normalized spacial score (nSPS) is 11.1. The second-order valence-corrected chi connectivity index (χ2v) is 4.65. The van der Waals surface area contributed by atoms with E-state index in [0.29, 0.717) is 17.6 Å². The fraction of sp³-hybridized carbons (Fsp3) is 0.188. The minimum atomic E-state index is -4.70. The number of pyridine rings is 2. The molecule has 3 aromatic heterocycles. The lowest BCUT2D eigenvalue weighted by Crippen LogP contribution is -2.09. The highest BCUT2D eigenvalue weighted by Gasteiger charge is 2.32. The number of hydrogen-bond acceptors (Lipinski definition) is 3. The van der Waals surface area contributed by atoms with Crippen molar-refractivity contribution in [2.24, 2.45) is 0 Å². The van der Waals surface area contributed by atoms with E-state index in [1.165, 1.54) is 29.1 Å². The number of carboxylic acids is 1. The van der Waals surface area contributed by atoms with Crippen LogP contribution in [0.4, 0.5) is 17.6 Å². The van der Waals surface area contributed by atoms with Crippen LogP contribution in [-0.4, -0.2) is 25.6 Å². The molecule has 0 spiro atoms. The van der Waals surface area contributed by atoms with Crippen LogP contribution in [0.15, 0.2) is 36.8 Å². The van der Waals surface area contributed by atoms with Crippen LogP contribution < -0.4 is 0 Å². The van der Waals surface area contributed by atoms with Gasteiger partial charge in [-0.2, -0.15) is 13.2 Å². The third-order valence-electron chi connectivity index (χ3n) is 3.17. The van der Waals surface area contributed by atoms with Crippen molar-refractivity contribution in [3.8, 4) is 5.82 Å². The van der Waals surface area contributed by atoms with Crippen molar-refractivity contribution in [1.29, 1.82) is 0 Å². The van der Waals surface area contributed by atoms with Gasteiger partial charge in [0.1, 0.15) is 5.69 Å². The summed E-state index contributed by atoms with van der Waals surface area (Å²) in [5, 5.41) is 9.43. The summed E-state index contributed by atoms with van der Waals surface area (Å²) < 4.78 is 52.8. The molecule has 0 aliphatic rings. The SMILES string of the molecule is CC.O=C(O)c1cc2c(ccn2-c2ncc(C(F)(F)F)cc2F)cn1. The Morgan fingerprint density at radius 1 is 1.16 bits per heavy atom. The Balaban J connectivity index is 0.00000109. The van der Waals surface area contributed by atoms with Gasteiger partial charge in [-0.25, -0.2) is 19.2 Å². The molecule has 5 nitrogen and oxygen atoms in total. The third kappa shape index (κ3) is 3.59. The Labute approximate surface area is 139 Å². The molecule has 3 rings (SSSR count). The van der Waals surface area contributed by atoms with Gasteiger partial charge in [0.15, 0.2) is 11.6 Å². The zero-order valence-corrected chi connectivity index (χ0v) is 13.2. The molecule has 0 saturated carbocycles. The summed E-state index contributed by atoms with van der Waals surface area (Å²) in [6, 6.07) is 3.05. The smallest absolute Gasteiger partial charge is 0.417 e. The molecule has 1 N–H and O–H groups in total. The molecule has 0 saturated heterocycles. The van der Waals surface area contributed by atoms with Gasteiger partial charge in [0.2, 0.25) is 0 Å². The molecule has 0 bridgehead atoms. The van der Waals surface area contributed by atoms with E-state index in [4.69, 9.17) is 5.11 Å². The van der Waals surface area contributed by atoms with E-state index in [-0.39, 0.29) is 17.0 Å². The Morgan fingerprint density at radius 3 is 2.40 bits per heavy atom. The molecule has 3 heterocycles. The van der Waals surface area contributed by atoms with E-state index in [9.17, 15) is 22.4 Å². The summed E-state index contributed by atoms with van der Waals surface area (Å²) in [4.78, 5) is 18.2. The number of carbonyl (C=O) groups is 1. The lowest BCUT2D eigenvalue weighted by atomic mass is 10.2. The average molecular weight is 355 g/mol. The standard InChI is InChI=1S/C14H7F4N3O2.C2H6/c15-9-3-8(14(16,17)18)6-20-12(9)21-2-1-7-5-19-10(13(22)23)4-11(7)21;1-2/h1-6H,(H,22,23);1-2H3. The van der Waals surface area contributed by atoms with Gasteiger partial charge < -0.3 is 5.11 Å². The van der Waals surface area contributed by atoms with Crippen LogP contribution in [0, 0.1) is 5.82 Å².